The molecule has 0 aliphatic heterocycles. The molecule has 3 aromatic rings. The maximum Gasteiger partial charge on any atom is 0.269 e. The van der Waals surface area contributed by atoms with E-state index in [2.05, 4.69) is 15.5 Å². The zero-order chi connectivity index (χ0) is 14.7. The average Bonchev–Trinajstić information content (AvgIpc) is 3.16. The van der Waals surface area contributed by atoms with Crippen molar-refractivity contribution >= 4 is 17.5 Å². The summed E-state index contributed by atoms with van der Waals surface area (Å²) in [5.41, 5.74) is 1.90. The molecule has 0 bridgehead atoms. The normalized spacial score (nSPS) is 10.5. The number of hydrogen-bond donors (Lipinski definition) is 2. The van der Waals surface area contributed by atoms with Crippen molar-refractivity contribution in [2.24, 2.45) is 0 Å². The third-order valence-corrected chi connectivity index (χ3v) is 3.18. The van der Waals surface area contributed by atoms with Gasteiger partial charge in [0.05, 0.1) is 18.5 Å². The average molecular weight is 302 g/mol. The Kier molecular flexibility index (Phi) is 3.75. The van der Waals surface area contributed by atoms with Crippen LogP contribution in [0.4, 0.5) is 0 Å². The first kappa shape index (κ1) is 13.5. The molecule has 21 heavy (non-hydrogen) atoms. The van der Waals surface area contributed by atoms with Crippen molar-refractivity contribution in [3.63, 3.8) is 0 Å². The summed E-state index contributed by atoms with van der Waals surface area (Å²) in [7, 11) is 0. The largest absolute Gasteiger partial charge is 0.467 e. The van der Waals surface area contributed by atoms with Gasteiger partial charge in [0, 0.05) is 10.6 Å². The van der Waals surface area contributed by atoms with Gasteiger partial charge in [-0.15, -0.1) is 0 Å². The van der Waals surface area contributed by atoms with Gasteiger partial charge in [0.25, 0.3) is 5.91 Å². The number of halogens is 1. The van der Waals surface area contributed by atoms with Gasteiger partial charge < -0.3 is 9.73 Å². The van der Waals surface area contributed by atoms with Gasteiger partial charge in [-0.1, -0.05) is 23.7 Å². The third kappa shape index (κ3) is 3.14. The van der Waals surface area contributed by atoms with E-state index in [0.29, 0.717) is 28.7 Å². The Morgan fingerprint density at radius 2 is 2.19 bits per heavy atom. The lowest BCUT2D eigenvalue weighted by Gasteiger charge is -2.00. The number of amides is 1. The Morgan fingerprint density at radius 3 is 2.95 bits per heavy atom. The van der Waals surface area contributed by atoms with E-state index in [1.54, 1.807) is 36.6 Å². The first-order valence-corrected chi connectivity index (χ1v) is 6.72. The summed E-state index contributed by atoms with van der Waals surface area (Å²) >= 11 is 5.94. The lowest BCUT2D eigenvalue weighted by atomic mass is 10.1. The summed E-state index contributed by atoms with van der Waals surface area (Å²) < 4.78 is 5.15. The number of carbonyl (C=O) groups is 1. The third-order valence-electron chi connectivity index (χ3n) is 2.95. The molecule has 6 heteroatoms. The van der Waals surface area contributed by atoms with Crippen molar-refractivity contribution in [1.29, 1.82) is 0 Å². The Labute approximate surface area is 125 Å². The lowest BCUT2D eigenvalue weighted by Crippen LogP contribution is -2.22. The van der Waals surface area contributed by atoms with Crippen LogP contribution >= 0.6 is 11.6 Å². The summed E-state index contributed by atoms with van der Waals surface area (Å²) in [6.45, 7) is 0.331. The molecule has 2 heterocycles. The predicted octanol–water partition coefficient (Wildman–Crippen LogP) is 3.25. The summed E-state index contributed by atoms with van der Waals surface area (Å²) in [5.74, 6) is 0.449. The molecule has 0 radical (unpaired) electrons. The maximum absolute atomic E-state index is 12.0. The van der Waals surface area contributed by atoms with Crippen LogP contribution in [0.15, 0.2) is 53.1 Å². The van der Waals surface area contributed by atoms with Gasteiger partial charge in [-0.3, -0.25) is 9.89 Å². The Bertz CT molecular complexity index is 750. The fraction of sp³-hybridized carbons (Fsp3) is 0.0667. The molecule has 1 aromatic carbocycles. The molecule has 0 aliphatic rings. The number of aromatic amines is 1. The highest BCUT2D eigenvalue weighted by Gasteiger charge is 2.11. The number of H-pyrrole nitrogens is 1. The molecule has 0 spiro atoms. The van der Waals surface area contributed by atoms with Crippen LogP contribution in [-0.4, -0.2) is 16.1 Å². The van der Waals surface area contributed by atoms with E-state index >= 15 is 0 Å². The van der Waals surface area contributed by atoms with Gasteiger partial charge in [0.15, 0.2) is 0 Å². The number of furan rings is 1. The van der Waals surface area contributed by atoms with Gasteiger partial charge in [0.1, 0.15) is 11.5 Å². The van der Waals surface area contributed by atoms with E-state index in [9.17, 15) is 4.79 Å². The number of aromatic nitrogens is 2. The second-order valence-corrected chi connectivity index (χ2v) is 4.88. The van der Waals surface area contributed by atoms with E-state index in [1.165, 1.54) is 0 Å². The highest BCUT2D eigenvalue weighted by molar-refractivity contribution is 6.30. The van der Waals surface area contributed by atoms with Gasteiger partial charge in [-0.05, 0) is 30.3 Å². The fourth-order valence-corrected chi connectivity index (χ4v) is 2.10. The first-order chi connectivity index (χ1) is 10.2. The molecule has 0 unspecified atom stereocenters. The van der Waals surface area contributed by atoms with Gasteiger partial charge in [-0.2, -0.15) is 5.10 Å². The second kappa shape index (κ2) is 5.85. The number of nitrogens with one attached hydrogen (secondary N) is 2. The Morgan fingerprint density at radius 1 is 1.29 bits per heavy atom. The number of benzene rings is 1. The maximum atomic E-state index is 12.0. The van der Waals surface area contributed by atoms with Crippen molar-refractivity contribution in [2.45, 2.75) is 6.54 Å². The monoisotopic (exact) mass is 301 g/mol. The van der Waals surface area contributed by atoms with Crippen molar-refractivity contribution in [2.75, 3.05) is 0 Å². The number of rotatable bonds is 4. The minimum atomic E-state index is -0.243. The molecule has 2 aromatic heterocycles. The molecule has 0 aliphatic carbocycles. The highest BCUT2D eigenvalue weighted by Crippen LogP contribution is 2.21. The van der Waals surface area contributed by atoms with Crippen molar-refractivity contribution in [3.05, 3.63) is 65.2 Å². The molecular formula is C15H12ClN3O2. The van der Waals surface area contributed by atoms with E-state index in [4.69, 9.17) is 16.0 Å². The van der Waals surface area contributed by atoms with Crippen molar-refractivity contribution in [1.82, 2.24) is 15.5 Å². The Hall–Kier alpha value is -2.53. The molecule has 1 amide bonds. The fourth-order valence-electron chi connectivity index (χ4n) is 1.91. The van der Waals surface area contributed by atoms with Crippen LogP contribution in [0.1, 0.15) is 16.2 Å². The summed E-state index contributed by atoms with van der Waals surface area (Å²) in [4.78, 5) is 12.0. The van der Waals surface area contributed by atoms with Crippen LogP contribution in [0, 0.1) is 0 Å². The standard InChI is InChI=1S/C15H12ClN3O2/c16-11-4-1-3-10(7-11)13-8-14(19-18-13)15(20)17-9-12-5-2-6-21-12/h1-8H,9H2,(H,17,20)(H,18,19). The Balaban J connectivity index is 1.71. The van der Waals surface area contributed by atoms with Crippen LogP contribution in [0.2, 0.25) is 5.02 Å². The van der Waals surface area contributed by atoms with Gasteiger partial charge >= 0.3 is 0 Å². The minimum absolute atomic E-state index is 0.243. The van der Waals surface area contributed by atoms with E-state index in [1.807, 2.05) is 12.1 Å². The molecule has 0 atom stereocenters. The van der Waals surface area contributed by atoms with Gasteiger partial charge in [0.2, 0.25) is 0 Å². The molecular weight excluding hydrogens is 290 g/mol. The van der Waals surface area contributed by atoms with Crippen LogP contribution < -0.4 is 5.32 Å². The van der Waals surface area contributed by atoms with Crippen LogP contribution in [-0.2, 0) is 6.54 Å². The number of carbonyl (C=O) groups excluding carboxylic acids is 1. The molecule has 5 nitrogen and oxygen atoms in total. The molecule has 0 fully saturated rings. The van der Waals surface area contributed by atoms with Crippen LogP contribution in [0.25, 0.3) is 11.3 Å². The molecule has 0 saturated heterocycles. The quantitative estimate of drug-likeness (QED) is 0.777. The van der Waals surface area contributed by atoms with Crippen LogP contribution in [0.3, 0.4) is 0 Å². The van der Waals surface area contributed by atoms with Crippen molar-refractivity contribution in [3.8, 4) is 11.3 Å². The van der Waals surface area contributed by atoms with E-state index < -0.39 is 0 Å². The predicted molar refractivity (Wildman–Crippen MR) is 78.9 cm³/mol. The highest BCUT2D eigenvalue weighted by atomic mass is 35.5. The first-order valence-electron chi connectivity index (χ1n) is 6.34. The molecule has 3 rings (SSSR count). The van der Waals surface area contributed by atoms with Gasteiger partial charge in [-0.25, -0.2) is 0 Å². The topological polar surface area (TPSA) is 70.9 Å². The second-order valence-electron chi connectivity index (χ2n) is 4.44. The van der Waals surface area contributed by atoms with E-state index in [-0.39, 0.29) is 5.91 Å². The smallest absolute Gasteiger partial charge is 0.269 e. The number of nitrogens with zero attached hydrogens (tertiary/aromatic N) is 1. The zero-order valence-electron chi connectivity index (χ0n) is 11.0. The molecule has 2 N–H and O–H groups in total. The molecule has 106 valence electrons. The molecule has 0 saturated carbocycles. The number of hydrogen-bond acceptors (Lipinski definition) is 3. The summed E-state index contributed by atoms with van der Waals surface area (Å²) in [6.07, 6.45) is 1.56. The van der Waals surface area contributed by atoms with Crippen LogP contribution in [0.5, 0.6) is 0 Å². The summed E-state index contributed by atoms with van der Waals surface area (Å²) in [5, 5.41) is 10.2. The van der Waals surface area contributed by atoms with E-state index in [0.717, 1.165) is 5.56 Å². The minimum Gasteiger partial charge on any atom is -0.467 e. The zero-order valence-corrected chi connectivity index (χ0v) is 11.7. The lowest BCUT2D eigenvalue weighted by molar-refractivity contribution is 0.0943. The van der Waals surface area contributed by atoms with Crippen molar-refractivity contribution < 1.29 is 9.21 Å². The summed E-state index contributed by atoms with van der Waals surface area (Å²) in [6, 6.07) is 12.6. The SMILES string of the molecule is O=C(NCc1ccco1)c1cc(-c2cccc(Cl)c2)n[nH]1.